The second-order valence-corrected chi connectivity index (χ2v) is 6.35. The molecule has 0 saturated carbocycles. The number of ether oxygens (including phenoxy) is 3. The van der Waals surface area contributed by atoms with Crippen molar-refractivity contribution in [3.05, 3.63) is 57.3 Å². The highest BCUT2D eigenvalue weighted by molar-refractivity contribution is 5.89. The topological polar surface area (TPSA) is 104 Å². The van der Waals surface area contributed by atoms with Crippen LogP contribution in [0.3, 0.4) is 0 Å². The molecule has 28 heavy (non-hydrogen) atoms. The van der Waals surface area contributed by atoms with Crippen molar-refractivity contribution < 1.29 is 23.9 Å². The Morgan fingerprint density at radius 1 is 1.25 bits per heavy atom. The molecule has 9 nitrogen and oxygen atoms in total. The summed E-state index contributed by atoms with van der Waals surface area (Å²) < 4.78 is 16.0. The van der Waals surface area contributed by atoms with Crippen LogP contribution in [0.15, 0.2) is 30.3 Å². The Kier molecular flexibility index (Phi) is 5.86. The second kappa shape index (κ2) is 8.32. The van der Waals surface area contributed by atoms with Crippen LogP contribution in [0.4, 0.5) is 16.3 Å². The van der Waals surface area contributed by atoms with Crippen molar-refractivity contribution in [3.63, 3.8) is 0 Å². The summed E-state index contributed by atoms with van der Waals surface area (Å²) in [5.41, 5.74) is 2.38. The van der Waals surface area contributed by atoms with Gasteiger partial charge in [-0.2, -0.15) is 0 Å². The predicted molar refractivity (Wildman–Crippen MR) is 101 cm³/mol. The van der Waals surface area contributed by atoms with Gasteiger partial charge in [0.2, 0.25) is 6.29 Å². The number of hydrogen-bond acceptors (Lipinski definition) is 7. The molecule has 9 heteroatoms. The lowest BCUT2D eigenvalue weighted by Crippen LogP contribution is -2.38. The highest BCUT2D eigenvalue weighted by atomic mass is 16.7. The summed E-state index contributed by atoms with van der Waals surface area (Å²) in [6.45, 7) is 2.38. The number of rotatable bonds is 5. The number of pyridine rings is 1. The van der Waals surface area contributed by atoms with Crippen LogP contribution in [0.5, 0.6) is 5.75 Å². The van der Waals surface area contributed by atoms with Crippen LogP contribution in [0, 0.1) is 17.0 Å². The minimum Gasteiger partial charge on any atom is -0.410 e. The normalized spacial score (nSPS) is 13.4. The molecule has 1 amide bonds. The number of carbonyl (C=O) groups is 1. The van der Waals surface area contributed by atoms with Gasteiger partial charge in [-0.1, -0.05) is 6.07 Å². The number of non-ortho nitro benzene ring substituents is 1. The summed E-state index contributed by atoms with van der Waals surface area (Å²) in [6, 6.07) is 7.33. The highest BCUT2D eigenvalue weighted by Gasteiger charge is 2.28. The Labute approximate surface area is 162 Å². The van der Waals surface area contributed by atoms with Gasteiger partial charge < -0.3 is 14.2 Å². The van der Waals surface area contributed by atoms with E-state index in [2.05, 4.69) is 4.98 Å². The summed E-state index contributed by atoms with van der Waals surface area (Å²) in [5.74, 6) is 0.736. The molecular weight excluding hydrogens is 366 g/mol. The molecule has 0 aliphatic carbocycles. The first kappa shape index (κ1) is 19.7. The smallest absolute Gasteiger partial charge is 0.410 e. The first-order chi connectivity index (χ1) is 13.4. The number of nitro benzene ring substituents is 1. The van der Waals surface area contributed by atoms with Gasteiger partial charge in [-0.3, -0.25) is 15.0 Å². The molecule has 0 bridgehead atoms. The lowest BCUT2D eigenvalue weighted by Gasteiger charge is -2.29. The summed E-state index contributed by atoms with van der Waals surface area (Å²) in [6.07, 6.45) is 0.346. The number of benzene rings is 1. The lowest BCUT2D eigenvalue weighted by molar-refractivity contribution is -0.384. The van der Waals surface area contributed by atoms with Gasteiger partial charge in [0, 0.05) is 32.9 Å². The molecule has 0 saturated heterocycles. The maximum absolute atomic E-state index is 12.7. The molecule has 0 spiro atoms. The second-order valence-electron chi connectivity index (χ2n) is 6.35. The van der Waals surface area contributed by atoms with Crippen molar-refractivity contribution in [3.8, 4) is 5.75 Å². The van der Waals surface area contributed by atoms with Gasteiger partial charge in [0.15, 0.2) is 0 Å². The number of nitrogens with zero attached hydrogens (tertiary/aromatic N) is 3. The Balaban J connectivity index is 1.86. The van der Waals surface area contributed by atoms with Crippen LogP contribution in [0.1, 0.15) is 29.5 Å². The molecule has 2 aromatic rings. The average molecular weight is 387 g/mol. The van der Waals surface area contributed by atoms with Crippen LogP contribution in [-0.4, -0.2) is 36.8 Å². The molecule has 0 N–H and O–H groups in total. The van der Waals surface area contributed by atoms with Crippen LogP contribution in [0.2, 0.25) is 0 Å². The minimum absolute atomic E-state index is 0.0740. The van der Waals surface area contributed by atoms with Crippen LogP contribution in [0.25, 0.3) is 0 Å². The van der Waals surface area contributed by atoms with Crippen LogP contribution < -0.4 is 9.64 Å². The van der Waals surface area contributed by atoms with Gasteiger partial charge in [-0.25, -0.2) is 9.78 Å². The number of aryl methyl sites for hydroxylation is 2. The molecule has 2 heterocycles. The van der Waals surface area contributed by atoms with E-state index in [1.165, 1.54) is 43.4 Å². The first-order valence-electron chi connectivity index (χ1n) is 8.74. The first-order valence-corrected chi connectivity index (χ1v) is 8.74. The zero-order valence-electron chi connectivity index (χ0n) is 15.9. The van der Waals surface area contributed by atoms with Crippen LogP contribution >= 0.6 is 0 Å². The number of amides is 1. The van der Waals surface area contributed by atoms with Crippen molar-refractivity contribution >= 4 is 17.6 Å². The zero-order chi connectivity index (χ0) is 20.3. The van der Waals surface area contributed by atoms with E-state index < -0.39 is 17.3 Å². The maximum Gasteiger partial charge on any atom is 0.420 e. The molecule has 1 aliphatic rings. The largest absolute Gasteiger partial charge is 0.420 e. The predicted octanol–water partition coefficient (Wildman–Crippen LogP) is 3.54. The molecule has 3 rings (SSSR count). The van der Waals surface area contributed by atoms with E-state index in [9.17, 15) is 14.9 Å². The van der Waals surface area contributed by atoms with Crippen molar-refractivity contribution in [2.24, 2.45) is 0 Å². The Bertz CT molecular complexity index is 880. The lowest BCUT2D eigenvalue weighted by atomic mass is 10.0. The van der Waals surface area contributed by atoms with Gasteiger partial charge in [0.25, 0.3) is 5.69 Å². The van der Waals surface area contributed by atoms with Gasteiger partial charge >= 0.3 is 6.09 Å². The van der Waals surface area contributed by atoms with Crippen molar-refractivity contribution in [1.29, 1.82) is 0 Å². The fourth-order valence-corrected chi connectivity index (χ4v) is 3.15. The maximum atomic E-state index is 12.7. The van der Waals surface area contributed by atoms with E-state index in [0.717, 1.165) is 24.0 Å². The van der Waals surface area contributed by atoms with Crippen molar-refractivity contribution in [1.82, 2.24) is 4.98 Å². The SMILES string of the molecule is COC(OC)c1nc2c(cc1C)CCCN2C(=O)Oc1ccc([N+](=O)[O-])cc1. The van der Waals surface area contributed by atoms with E-state index in [1.807, 2.05) is 13.0 Å². The summed E-state index contributed by atoms with van der Waals surface area (Å²) in [7, 11) is 3.05. The van der Waals surface area contributed by atoms with E-state index >= 15 is 0 Å². The third kappa shape index (κ3) is 3.95. The third-order valence-electron chi connectivity index (χ3n) is 4.52. The van der Waals surface area contributed by atoms with Gasteiger partial charge in [-0.05, 0) is 43.0 Å². The number of methoxy groups -OCH3 is 2. The highest BCUT2D eigenvalue weighted by Crippen LogP contribution is 2.31. The fraction of sp³-hybridized carbons (Fsp3) is 0.368. The van der Waals surface area contributed by atoms with Gasteiger partial charge in [0.05, 0.1) is 4.92 Å². The molecule has 0 fully saturated rings. The molecule has 0 radical (unpaired) electrons. The molecule has 0 unspecified atom stereocenters. The molecule has 0 atom stereocenters. The summed E-state index contributed by atoms with van der Waals surface area (Å²) >= 11 is 0. The molecule has 1 aliphatic heterocycles. The zero-order valence-corrected chi connectivity index (χ0v) is 15.9. The Hall–Kier alpha value is -3.04. The quantitative estimate of drug-likeness (QED) is 0.439. The fourth-order valence-electron chi connectivity index (χ4n) is 3.15. The molecule has 148 valence electrons. The summed E-state index contributed by atoms with van der Waals surface area (Å²) in [5, 5.41) is 10.7. The van der Waals surface area contributed by atoms with Crippen molar-refractivity contribution in [2.45, 2.75) is 26.1 Å². The monoisotopic (exact) mass is 387 g/mol. The van der Waals surface area contributed by atoms with Crippen molar-refractivity contribution in [2.75, 3.05) is 25.7 Å². The molecule has 1 aromatic heterocycles. The Morgan fingerprint density at radius 2 is 1.93 bits per heavy atom. The Morgan fingerprint density at radius 3 is 2.54 bits per heavy atom. The number of anilines is 1. The summed E-state index contributed by atoms with van der Waals surface area (Å²) in [4.78, 5) is 29.0. The van der Waals surface area contributed by atoms with E-state index in [4.69, 9.17) is 14.2 Å². The minimum atomic E-state index is -0.639. The van der Waals surface area contributed by atoms with E-state index in [0.29, 0.717) is 18.1 Å². The standard InChI is InChI=1S/C19H21N3O6/c1-12-11-13-5-4-10-21(17(13)20-16(12)18(26-2)27-3)19(23)28-15-8-6-14(7-9-15)22(24)25/h6-9,11,18H,4-5,10H2,1-3H3. The third-order valence-corrected chi connectivity index (χ3v) is 4.52. The number of nitro groups is 1. The van der Waals surface area contributed by atoms with Gasteiger partial charge in [0.1, 0.15) is 17.3 Å². The number of fused-ring (bicyclic) bond motifs is 1. The average Bonchev–Trinajstić information content (AvgIpc) is 2.69. The number of aromatic nitrogens is 1. The molecule has 1 aromatic carbocycles. The van der Waals surface area contributed by atoms with E-state index in [1.54, 1.807) is 0 Å². The van der Waals surface area contributed by atoms with Gasteiger partial charge in [-0.15, -0.1) is 0 Å². The van der Waals surface area contributed by atoms with Crippen LogP contribution in [-0.2, 0) is 15.9 Å². The number of hydrogen-bond donors (Lipinski definition) is 0. The molecular formula is C19H21N3O6. The number of carbonyl (C=O) groups excluding carboxylic acids is 1. The van der Waals surface area contributed by atoms with E-state index in [-0.39, 0.29) is 11.4 Å².